The number of carbonyl (C=O) groups excluding carboxylic acids is 3. The Morgan fingerprint density at radius 2 is 1.87 bits per heavy atom. The molecule has 9 nitrogen and oxygen atoms in total. The zero-order valence-corrected chi connectivity index (χ0v) is 19.1. The SMILES string of the molecule is COCC(=O)Nc1cccc(NC(=O)N2CCCC(CN(C)C(=O)OC(C)(C)C)C2)c1. The summed E-state index contributed by atoms with van der Waals surface area (Å²) in [6.45, 7) is 7.21. The molecule has 0 bridgehead atoms. The summed E-state index contributed by atoms with van der Waals surface area (Å²) in [6.07, 6.45) is 1.45. The molecule has 0 saturated carbocycles. The van der Waals surface area contributed by atoms with Crippen LogP contribution in [0.15, 0.2) is 24.3 Å². The van der Waals surface area contributed by atoms with Crippen molar-refractivity contribution in [1.29, 1.82) is 0 Å². The Labute approximate surface area is 184 Å². The van der Waals surface area contributed by atoms with E-state index in [4.69, 9.17) is 9.47 Å². The highest BCUT2D eigenvalue weighted by Crippen LogP contribution is 2.21. The van der Waals surface area contributed by atoms with E-state index in [1.807, 2.05) is 20.8 Å². The molecule has 2 N–H and O–H groups in total. The summed E-state index contributed by atoms with van der Waals surface area (Å²) < 4.78 is 10.2. The first-order valence-electron chi connectivity index (χ1n) is 10.5. The van der Waals surface area contributed by atoms with Crippen LogP contribution in [-0.2, 0) is 14.3 Å². The standard InChI is InChI=1S/C22H34N4O5/c1-22(2,3)31-21(29)25(4)13-16-8-7-11-26(14-16)20(28)24-18-10-6-9-17(12-18)23-19(27)15-30-5/h6,9-10,12,16H,7-8,11,13-15H2,1-5H3,(H,23,27)(H,24,28). The summed E-state index contributed by atoms with van der Waals surface area (Å²) in [4.78, 5) is 40.0. The second-order valence-electron chi connectivity index (χ2n) is 8.81. The topological polar surface area (TPSA) is 100 Å². The van der Waals surface area contributed by atoms with Gasteiger partial charge >= 0.3 is 12.1 Å². The first-order chi connectivity index (χ1) is 14.6. The molecule has 4 amide bonds. The van der Waals surface area contributed by atoms with Crippen LogP contribution in [0.5, 0.6) is 0 Å². The molecule has 0 aliphatic carbocycles. The number of hydrogen-bond acceptors (Lipinski definition) is 5. The molecule has 1 saturated heterocycles. The monoisotopic (exact) mass is 434 g/mol. The fourth-order valence-corrected chi connectivity index (χ4v) is 3.41. The van der Waals surface area contributed by atoms with E-state index in [1.54, 1.807) is 41.1 Å². The molecule has 1 aromatic carbocycles. The lowest BCUT2D eigenvalue weighted by Crippen LogP contribution is -2.46. The maximum Gasteiger partial charge on any atom is 0.410 e. The molecular weight excluding hydrogens is 400 g/mol. The van der Waals surface area contributed by atoms with Crippen LogP contribution in [-0.4, -0.2) is 73.8 Å². The summed E-state index contributed by atoms with van der Waals surface area (Å²) in [5.74, 6) is -0.0874. The zero-order valence-electron chi connectivity index (χ0n) is 19.1. The van der Waals surface area contributed by atoms with Crippen LogP contribution < -0.4 is 10.6 Å². The average molecular weight is 435 g/mol. The fourth-order valence-electron chi connectivity index (χ4n) is 3.41. The Morgan fingerprint density at radius 1 is 1.19 bits per heavy atom. The van der Waals surface area contributed by atoms with Crippen LogP contribution in [0.1, 0.15) is 33.6 Å². The predicted octanol–water partition coefficient (Wildman–Crippen LogP) is 3.38. The zero-order chi connectivity index (χ0) is 23.0. The molecule has 1 atom stereocenters. The number of urea groups is 1. The van der Waals surface area contributed by atoms with E-state index >= 15 is 0 Å². The van der Waals surface area contributed by atoms with Gasteiger partial charge in [-0.2, -0.15) is 0 Å². The van der Waals surface area contributed by atoms with Gasteiger partial charge in [0, 0.05) is 45.2 Å². The lowest BCUT2D eigenvalue weighted by Gasteiger charge is -2.35. The lowest BCUT2D eigenvalue weighted by atomic mass is 9.98. The van der Waals surface area contributed by atoms with Crippen molar-refractivity contribution in [2.24, 2.45) is 5.92 Å². The molecule has 9 heteroatoms. The minimum Gasteiger partial charge on any atom is -0.444 e. The van der Waals surface area contributed by atoms with Crippen molar-refractivity contribution in [2.45, 2.75) is 39.2 Å². The molecule has 2 rings (SSSR count). The van der Waals surface area contributed by atoms with E-state index < -0.39 is 5.60 Å². The Morgan fingerprint density at radius 3 is 2.52 bits per heavy atom. The van der Waals surface area contributed by atoms with E-state index in [0.29, 0.717) is 31.0 Å². The number of carbonyl (C=O) groups is 3. The van der Waals surface area contributed by atoms with E-state index in [-0.39, 0.29) is 30.6 Å². The number of anilines is 2. The third kappa shape index (κ3) is 8.45. The second-order valence-corrected chi connectivity index (χ2v) is 8.81. The Bertz CT molecular complexity index is 777. The number of nitrogens with zero attached hydrogens (tertiary/aromatic N) is 2. The summed E-state index contributed by atoms with van der Waals surface area (Å²) >= 11 is 0. The van der Waals surface area contributed by atoms with Gasteiger partial charge in [-0.25, -0.2) is 9.59 Å². The van der Waals surface area contributed by atoms with Gasteiger partial charge in [-0.05, 0) is 57.7 Å². The van der Waals surface area contributed by atoms with Crippen LogP contribution in [0.2, 0.25) is 0 Å². The summed E-state index contributed by atoms with van der Waals surface area (Å²) in [5.41, 5.74) is 0.630. The van der Waals surface area contributed by atoms with Crippen LogP contribution in [0.4, 0.5) is 21.0 Å². The number of benzene rings is 1. The highest BCUT2D eigenvalue weighted by Gasteiger charge is 2.27. The number of methoxy groups -OCH3 is 1. The predicted molar refractivity (Wildman–Crippen MR) is 119 cm³/mol. The van der Waals surface area contributed by atoms with Gasteiger partial charge < -0.3 is 29.9 Å². The molecule has 31 heavy (non-hydrogen) atoms. The van der Waals surface area contributed by atoms with Gasteiger partial charge in [0.25, 0.3) is 0 Å². The molecule has 1 fully saturated rings. The smallest absolute Gasteiger partial charge is 0.410 e. The van der Waals surface area contributed by atoms with Gasteiger partial charge in [0.1, 0.15) is 12.2 Å². The summed E-state index contributed by atoms with van der Waals surface area (Å²) in [6, 6.07) is 6.76. The summed E-state index contributed by atoms with van der Waals surface area (Å²) in [7, 11) is 3.17. The normalized spacial score (nSPS) is 16.4. The van der Waals surface area contributed by atoms with E-state index in [1.165, 1.54) is 7.11 Å². The Hall–Kier alpha value is -2.81. The van der Waals surface area contributed by atoms with Crippen LogP contribution in [0.25, 0.3) is 0 Å². The van der Waals surface area contributed by atoms with E-state index in [0.717, 1.165) is 12.8 Å². The maximum atomic E-state index is 12.8. The molecule has 1 aliphatic heterocycles. The minimum atomic E-state index is -0.540. The highest BCUT2D eigenvalue weighted by molar-refractivity contribution is 5.94. The molecule has 172 valence electrons. The average Bonchev–Trinajstić information content (AvgIpc) is 2.67. The van der Waals surface area contributed by atoms with Gasteiger partial charge in [0.15, 0.2) is 0 Å². The van der Waals surface area contributed by atoms with E-state index in [9.17, 15) is 14.4 Å². The number of amides is 4. The number of hydrogen-bond donors (Lipinski definition) is 2. The molecule has 0 aromatic heterocycles. The number of ether oxygens (including phenoxy) is 2. The van der Waals surface area contributed by atoms with Crippen molar-refractivity contribution in [2.75, 3.05) is 51.0 Å². The lowest BCUT2D eigenvalue weighted by molar-refractivity contribution is -0.119. The molecule has 1 unspecified atom stereocenters. The molecule has 1 aliphatic rings. The number of rotatable bonds is 6. The quantitative estimate of drug-likeness (QED) is 0.715. The molecule has 1 aromatic rings. The molecular formula is C22H34N4O5. The third-order valence-electron chi connectivity index (χ3n) is 4.72. The number of nitrogens with one attached hydrogen (secondary N) is 2. The van der Waals surface area contributed by atoms with Gasteiger partial charge in [-0.15, -0.1) is 0 Å². The van der Waals surface area contributed by atoms with Crippen molar-refractivity contribution in [3.8, 4) is 0 Å². The van der Waals surface area contributed by atoms with Crippen LogP contribution in [0, 0.1) is 5.92 Å². The first kappa shape index (κ1) is 24.5. The second kappa shape index (κ2) is 11.0. The number of likely N-dealkylation sites (tertiary alicyclic amines) is 1. The van der Waals surface area contributed by atoms with Gasteiger partial charge in [0.05, 0.1) is 0 Å². The third-order valence-corrected chi connectivity index (χ3v) is 4.72. The Kier molecular flexibility index (Phi) is 8.67. The molecule has 0 radical (unpaired) electrons. The molecule has 1 heterocycles. The van der Waals surface area contributed by atoms with Crippen molar-refractivity contribution in [1.82, 2.24) is 9.80 Å². The van der Waals surface area contributed by atoms with Crippen molar-refractivity contribution >= 4 is 29.4 Å². The summed E-state index contributed by atoms with van der Waals surface area (Å²) in [5, 5.41) is 5.60. The Balaban J connectivity index is 1.90. The van der Waals surface area contributed by atoms with Gasteiger partial charge in [0.2, 0.25) is 5.91 Å². The number of piperidine rings is 1. The minimum absolute atomic E-state index is 0.0382. The van der Waals surface area contributed by atoms with Crippen molar-refractivity contribution in [3.05, 3.63) is 24.3 Å². The fraction of sp³-hybridized carbons (Fsp3) is 0.591. The van der Waals surface area contributed by atoms with E-state index in [2.05, 4.69) is 10.6 Å². The molecule has 0 spiro atoms. The van der Waals surface area contributed by atoms with Crippen LogP contribution in [0.3, 0.4) is 0 Å². The van der Waals surface area contributed by atoms with Gasteiger partial charge in [-0.1, -0.05) is 6.07 Å². The highest BCUT2D eigenvalue weighted by atomic mass is 16.6. The van der Waals surface area contributed by atoms with Crippen molar-refractivity contribution in [3.63, 3.8) is 0 Å². The van der Waals surface area contributed by atoms with Crippen LogP contribution >= 0.6 is 0 Å². The maximum absolute atomic E-state index is 12.8. The van der Waals surface area contributed by atoms with Crippen molar-refractivity contribution < 1.29 is 23.9 Å². The first-order valence-corrected chi connectivity index (χ1v) is 10.5. The van der Waals surface area contributed by atoms with Gasteiger partial charge in [-0.3, -0.25) is 4.79 Å². The largest absolute Gasteiger partial charge is 0.444 e.